The summed E-state index contributed by atoms with van der Waals surface area (Å²) in [6.45, 7) is 6.49. The Morgan fingerprint density at radius 1 is 1.28 bits per heavy atom. The Labute approximate surface area is 155 Å². The van der Waals surface area contributed by atoms with Crippen LogP contribution in [0.15, 0.2) is 18.2 Å². The molecule has 1 heterocycles. The molecular weight excluding hydrogens is 365 g/mol. The summed E-state index contributed by atoms with van der Waals surface area (Å²) < 4.78 is 1.65. The van der Waals surface area contributed by atoms with Crippen LogP contribution in [-0.4, -0.2) is 32.3 Å². The van der Waals surface area contributed by atoms with Crippen molar-refractivity contribution in [2.24, 2.45) is 0 Å². The van der Waals surface area contributed by atoms with Crippen LogP contribution in [0.3, 0.4) is 0 Å². The molecule has 2 N–H and O–H groups in total. The fraction of sp³-hybridized carbons (Fsp3) is 0.353. The van der Waals surface area contributed by atoms with Crippen molar-refractivity contribution in [3.8, 4) is 5.69 Å². The van der Waals surface area contributed by atoms with Crippen molar-refractivity contribution in [3.05, 3.63) is 45.2 Å². The number of amides is 1. The Morgan fingerprint density at radius 2 is 1.92 bits per heavy atom. The molecule has 0 radical (unpaired) electrons. The van der Waals surface area contributed by atoms with E-state index in [0.717, 1.165) is 11.3 Å². The van der Waals surface area contributed by atoms with Crippen molar-refractivity contribution in [2.75, 3.05) is 0 Å². The van der Waals surface area contributed by atoms with Crippen LogP contribution in [0.5, 0.6) is 0 Å². The number of nitrogens with one attached hydrogen (secondary N) is 1. The molecule has 0 saturated carbocycles. The highest BCUT2D eigenvalue weighted by Crippen LogP contribution is 2.27. The summed E-state index contributed by atoms with van der Waals surface area (Å²) in [5.41, 5.74) is 1.47. The highest BCUT2D eigenvalue weighted by Gasteiger charge is 2.29. The number of rotatable bonds is 5. The van der Waals surface area contributed by atoms with Gasteiger partial charge in [0.15, 0.2) is 0 Å². The van der Waals surface area contributed by atoms with Crippen molar-refractivity contribution < 1.29 is 14.7 Å². The Bertz CT molecular complexity index is 844. The molecule has 25 heavy (non-hydrogen) atoms. The number of halogens is 2. The van der Waals surface area contributed by atoms with Crippen LogP contribution in [0.2, 0.25) is 10.0 Å². The van der Waals surface area contributed by atoms with E-state index in [1.165, 1.54) is 13.8 Å². The number of nitrogens with zero attached hydrogens (tertiary/aromatic N) is 2. The number of carboxylic acids is 1. The summed E-state index contributed by atoms with van der Waals surface area (Å²) in [5, 5.41) is 17.0. The molecule has 0 fully saturated rings. The second kappa shape index (κ2) is 7.06. The van der Waals surface area contributed by atoms with Gasteiger partial charge in [-0.25, -0.2) is 9.48 Å². The molecule has 0 bridgehead atoms. The van der Waals surface area contributed by atoms with E-state index in [-0.39, 0.29) is 12.3 Å². The van der Waals surface area contributed by atoms with Gasteiger partial charge in [-0.1, -0.05) is 23.2 Å². The SMILES string of the molecule is Cc1nn(-c2ccc(Cl)cc2Cl)c(C)c1CC(=O)NC(C)(C)C(=O)O. The zero-order chi connectivity index (χ0) is 18.9. The van der Waals surface area contributed by atoms with Crippen molar-refractivity contribution in [1.29, 1.82) is 0 Å². The first kappa shape index (κ1) is 19.3. The van der Waals surface area contributed by atoms with Gasteiger partial charge in [-0.05, 0) is 45.9 Å². The average Bonchev–Trinajstić information content (AvgIpc) is 2.74. The molecule has 2 aromatic rings. The number of carbonyl (C=O) groups excluding carboxylic acids is 1. The molecular formula is C17H19Cl2N3O3. The Morgan fingerprint density at radius 3 is 2.48 bits per heavy atom. The summed E-state index contributed by atoms with van der Waals surface area (Å²) in [7, 11) is 0. The first-order chi connectivity index (χ1) is 11.5. The van der Waals surface area contributed by atoms with Gasteiger partial charge < -0.3 is 10.4 Å². The van der Waals surface area contributed by atoms with E-state index in [9.17, 15) is 9.59 Å². The monoisotopic (exact) mass is 383 g/mol. The lowest BCUT2D eigenvalue weighted by Gasteiger charge is -2.21. The van der Waals surface area contributed by atoms with E-state index in [1.807, 2.05) is 6.92 Å². The molecule has 0 aliphatic carbocycles. The zero-order valence-corrected chi connectivity index (χ0v) is 15.9. The van der Waals surface area contributed by atoms with Crippen LogP contribution in [0, 0.1) is 13.8 Å². The van der Waals surface area contributed by atoms with Crippen LogP contribution >= 0.6 is 23.2 Å². The summed E-state index contributed by atoms with van der Waals surface area (Å²) in [6.07, 6.45) is 0.0274. The smallest absolute Gasteiger partial charge is 0.328 e. The van der Waals surface area contributed by atoms with Gasteiger partial charge in [0.25, 0.3) is 0 Å². The Hall–Kier alpha value is -2.05. The van der Waals surface area contributed by atoms with Gasteiger partial charge >= 0.3 is 5.97 Å². The molecule has 0 atom stereocenters. The van der Waals surface area contributed by atoms with Gasteiger partial charge in [-0.15, -0.1) is 0 Å². The number of aliphatic carboxylic acids is 1. The van der Waals surface area contributed by atoms with Gasteiger partial charge in [-0.2, -0.15) is 5.10 Å². The highest BCUT2D eigenvalue weighted by atomic mass is 35.5. The standard InChI is InChI=1S/C17H19Cl2N3O3/c1-9-12(8-15(23)20-17(3,4)16(24)25)10(2)22(21-9)14-6-5-11(18)7-13(14)19/h5-7H,8H2,1-4H3,(H,20,23)(H,24,25). The molecule has 1 aromatic carbocycles. The topological polar surface area (TPSA) is 84.2 Å². The first-order valence-corrected chi connectivity index (χ1v) is 8.33. The van der Waals surface area contributed by atoms with Crippen molar-refractivity contribution in [2.45, 2.75) is 39.7 Å². The Balaban J connectivity index is 2.31. The molecule has 8 heteroatoms. The molecule has 6 nitrogen and oxygen atoms in total. The number of hydrogen-bond donors (Lipinski definition) is 2. The van der Waals surface area contributed by atoms with Crippen LogP contribution in [0.25, 0.3) is 5.69 Å². The van der Waals surface area contributed by atoms with Gasteiger partial charge in [0.1, 0.15) is 5.54 Å². The van der Waals surface area contributed by atoms with Crippen LogP contribution in [0.4, 0.5) is 0 Å². The van der Waals surface area contributed by atoms with Crippen molar-refractivity contribution in [1.82, 2.24) is 15.1 Å². The lowest BCUT2D eigenvalue weighted by Crippen LogP contribution is -2.50. The molecule has 0 spiro atoms. The van der Waals surface area contributed by atoms with Crippen molar-refractivity contribution >= 4 is 35.1 Å². The van der Waals surface area contributed by atoms with Crippen LogP contribution < -0.4 is 5.32 Å². The van der Waals surface area contributed by atoms with Gasteiger partial charge in [0, 0.05) is 16.3 Å². The van der Waals surface area contributed by atoms with Gasteiger partial charge in [0.2, 0.25) is 5.91 Å². The molecule has 0 aliphatic heterocycles. The number of aromatic nitrogens is 2. The maximum absolute atomic E-state index is 12.2. The third kappa shape index (κ3) is 4.14. The van der Waals surface area contributed by atoms with E-state index in [0.29, 0.717) is 21.4 Å². The predicted octanol–water partition coefficient (Wildman–Crippen LogP) is 3.32. The summed E-state index contributed by atoms with van der Waals surface area (Å²) in [5.74, 6) is -1.49. The normalized spacial score (nSPS) is 11.4. The van der Waals surface area contributed by atoms with E-state index in [2.05, 4.69) is 10.4 Å². The lowest BCUT2D eigenvalue weighted by molar-refractivity contribution is -0.145. The predicted molar refractivity (Wildman–Crippen MR) is 96.6 cm³/mol. The number of aryl methyl sites for hydroxylation is 1. The number of carbonyl (C=O) groups is 2. The lowest BCUT2D eigenvalue weighted by atomic mass is 10.0. The quantitative estimate of drug-likeness (QED) is 0.829. The van der Waals surface area contributed by atoms with Crippen LogP contribution in [0.1, 0.15) is 30.8 Å². The first-order valence-electron chi connectivity index (χ1n) is 7.58. The van der Waals surface area contributed by atoms with Gasteiger partial charge in [0.05, 0.1) is 22.8 Å². The molecule has 0 unspecified atom stereocenters. The second-order valence-corrected chi connectivity index (χ2v) is 7.16. The average molecular weight is 384 g/mol. The largest absolute Gasteiger partial charge is 0.480 e. The van der Waals surface area contributed by atoms with Crippen LogP contribution in [-0.2, 0) is 16.0 Å². The third-order valence-corrected chi connectivity index (χ3v) is 4.44. The molecule has 0 saturated heterocycles. The molecule has 0 aliphatic rings. The zero-order valence-electron chi connectivity index (χ0n) is 14.4. The fourth-order valence-corrected chi connectivity index (χ4v) is 2.91. The van der Waals surface area contributed by atoms with E-state index in [4.69, 9.17) is 28.3 Å². The molecule has 2 rings (SSSR count). The maximum Gasteiger partial charge on any atom is 0.328 e. The molecule has 1 aromatic heterocycles. The number of hydrogen-bond acceptors (Lipinski definition) is 3. The number of benzene rings is 1. The third-order valence-electron chi connectivity index (χ3n) is 3.90. The fourth-order valence-electron chi connectivity index (χ4n) is 2.43. The minimum atomic E-state index is -1.34. The molecule has 1 amide bonds. The number of carboxylic acid groups (broad SMARTS) is 1. The summed E-state index contributed by atoms with van der Waals surface area (Å²) in [4.78, 5) is 23.4. The van der Waals surface area contributed by atoms with E-state index >= 15 is 0 Å². The van der Waals surface area contributed by atoms with Crippen molar-refractivity contribution in [3.63, 3.8) is 0 Å². The minimum absolute atomic E-state index is 0.0274. The van der Waals surface area contributed by atoms with E-state index < -0.39 is 11.5 Å². The highest BCUT2D eigenvalue weighted by molar-refractivity contribution is 6.35. The summed E-state index contributed by atoms with van der Waals surface area (Å²) in [6, 6.07) is 5.08. The maximum atomic E-state index is 12.2. The minimum Gasteiger partial charge on any atom is -0.480 e. The second-order valence-electron chi connectivity index (χ2n) is 6.31. The summed E-state index contributed by atoms with van der Waals surface area (Å²) >= 11 is 12.2. The van der Waals surface area contributed by atoms with Gasteiger partial charge in [-0.3, -0.25) is 4.79 Å². The molecule has 134 valence electrons. The van der Waals surface area contributed by atoms with E-state index in [1.54, 1.807) is 29.8 Å². The Kier molecular flexibility index (Phi) is 5.44.